The third-order valence-electron chi connectivity index (χ3n) is 5.07. The molecule has 1 aliphatic rings. The molecule has 152 valence electrons. The number of hydrogen-bond donors (Lipinski definition) is 1. The summed E-state index contributed by atoms with van der Waals surface area (Å²) in [6.07, 6.45) is 2.69. The minimum absolute atomic E-state index is 0.0418. The number of thiophene rings is 1. The van der Waals surface area contributed by atoms with E-state index in [1.54, 1.807) is 23.5 Å². The normalized spacial score (nSPS) is 19.2. The predicted octanol–water partition coefficient (Wildman–Crippen LogP) is 3.81. The van der Waals surface area contributed by atoms with Crippen molar-refractivity contribution >= 4 is 27.3 Å². The summed E-state index contributed by atoms with van der Waals surface area (Å²) < 4.78 is 33.4. The van der Waals surface area contributed by atoms with E-state index in [1.807, 2.05) is 31.4 Å². The van der Waals surface area contributed by atoms with Crippen LogP contribution in [-0.2, 0) is 10.0 Å². The Kier molecular flexibility index (Phi) is 6.42. The first kappa shape index (κ1) is 20.8. The SMILES string of the molecule is COc1ccc(C(=O)N[C@H](C)c2cccs2)cc1S(=O)(=O)N1CCCC[C@H]1C. The lowest BCUT2D eigenvalue weighted by molar-refractivity contribution is 0.0940. The molecule has 1 N–H and O–H groups in total. The monoisotopic (exact) mass is 422 g/mol. The number of nitrogens with one attached hydrogen (secondary N) is 1. The minimum atomic E-state index is -3.75. The number of carbonyl (C=O) groups excluding carboxylic acids is 1. The molecular formula is C20H26N2O4S2. The van der Waals surface area contributed by atoms with E-state index < -0.39 is 10.0 Å². The quantitative estimate of drug-likeness (QED) is 0.768. The zero-order valence-electron chi connectivity index (χ0n) is 16.3. The summed E-state index contributed by atoms with van der Waals surface area (Å²) in [5.41, 5.74) is 0.299. The Labute approximate surface area is 170 Å². The Bertz CT molecular complexity index is 926. The van der Waals surface area contributed by atoms with E-state index in [9.17, 15) is 13.2 Å². The summed E-state index contributed by atoms with van der Waals surface area (Å²) in [5.74, 6) is -0.0627. The van der Waals surface area contributed by atoms with E-state index in [0.29, 0.717) is 12.1 Å². The van der Waals surface area contributed by atoms with Gasteiger partial charge in [0.25, 0.3) is 5.91 Å². The molecule has 3 rings (SSSR count). The van der Waals surface area contributed by atoms with Gasteiger partial charge in [-0.1, -0.05) is 12.5 Å². The molecule has 6 nitrogen and oxygen atoms in total. The summed E-state index contributed by atoms with van der Waals surface area (Å²) in [4.78, 5) is 13.8. The van der Waals surface area contributed by atoms with E-state index in [4.69, 9.17) is 4.74 Å². The van der Waals surface area contributed by atoms with Crippen LogP contribution in [0.25, 0.3) is 0 Å². The lowest BCUT2D eigenvalue weighted by Crippen LogP contribution is -2.42. The molecule has 28 heavy (non-hydrogen) atoms. The maximum Gasteiger partial charge on any atom is 0.251 e. The van der Waals surface area contributed by atoms with E-state index in [-0.39, 0.29) is 28.6 Å². The van der Waals surface area contributed by atoms with Gasteiger partial charge in [0, 0.05) is 23.0 Å². The zero-order chi connectivity index (χ0) is 20.3. The zero-order valence-corrected chi connectivity index (χ0v) is 18.0. The molecule has 1 fully saturated rings. The molecule has 1 aromatic heterocycles. The number of amides is 1. The first-order valence-electron chi connectivity index (χ1n) is 9.38. The maximum atomic E-state index is 13.3. The van der Waals surface area contributed by atoms with Crippen LogP contribution in [0.5, 0.6) is 5.75 Å². The van der Waals surface area contributed by atoms with Crippen molar-refractivity contribution in [2.45, 2.75) is 50.1 Å². The highest BCUT2D eigenvalue weighted by molar-refractivity contribution is 7.89. The van der Waals surface area contributed by atoms with Crippen LogP contribution < -0.4 is 10.1 Å². The largest absolute Gasteiger partial charge is 0.495 e. The molecule has 0 radical (unpaired) electrons. The Balaban J connectivity index is 1.90. The Morgan fingerprint density at radius 1 is 1.32 bits per heavy atom. The van der Waals surface area contributed by atoms with Gasteiger partial charge in [-0.25, -0.2) is 8.42 Å². The molecule has 1 aromatic carbocycles. The molecule has 0 unspecified atom stereocenters. The number of hydrogen-bond acceptors (Lipinski definition) is 5. The second-order valence-corrected chi connectivity index (χ2v) is 9.88. The van der Waals surface area contributed by atoms with Crippen LogP contribution in [0.3, 0.4) is 0 Å². The average Bonchev–Trinajstić information content (AvgIpc) is 3.22. The van der Waals surface area contributed by atoms with Gasteiger partial charge < -0.3 is 10.1 Å². The van der Waals surface area contributed by atoms with Gasteiger partial charge >= 0.3 is 0 Å². The summed E-state index contributed by atoms with van der Waals surface area (Å²) in [7, 11) is -2.31. The lowest BCUT2D eigenvalue weighted by Gasteiger charge is -2.32. The van der Waals surface area contributed by atoms with Gasteiger partial charge in [-0.3, -0.25) is 4.79 Å². The fourth-order valence-corrected chi connectivity index (χ4v) is 6.08. The van der Waals surface area contributed by atoms with Crippen LogP contribution in [0.15, 0.2) is 40.6 Å². The molecule has 0 bridgehead atoms. The number of benzene rings is 1. The van der Waals surface area contributed by atoms with Crippen molar-refractivity contribution in [3.05, 3.63) is 46.2 Å². The molecular weight excluding hydrogens is 396 g/mol. The number of carbonyl (C=O) groups is 1. The van der Waals surface area contributed by atoms with Crippen LogP contribution in [0, 0.1) is 0 Å². The van der Waals surface area contributed by atoms with Gasteiger partial charge in [-0.2, -0.15) is 4.31 Å². The molecule has 0 saturated carbocycles. The van der Waals surface area contributed by atoms with Crippen molar-refractivity contribution < 1.29 is 17.9 Å². The number of sulfonamides is 1. The first-order valence-corrected chi connectivity index (χ1v) is 11.7. The van der Waals surface area contributed by atoms with Crippen molar-refractivity contribution in [1.82, 2.24) is 9.62 Å². The van der Waals surface area contributed by atoms with E-state index in [0.717, 1.165) is 24.1 Å². The third-order valence-corrected chi connectivity index (χ3v) is 8.16. The van der Waals surface area contributed by atoms with Crippen molar-refractivity contribution in [3.63, 3.8) is 0 Å². The average molecular weight is 423 g/mol. The Morgan fingerprint density at radius 2 is 2.11 bits per heavy atom. The number of ether oxygens (including phenoxy) is 1. The Hall–Kier alpha value is -1.90. The van der Waals surface area contributed by atoms with Crippen LogP contribution in [0.4, 0.5) is 0 Å². The van der Waals surface area contributed by atoms with Crippen molar-refractivity contribution in [2.75, 3.05) is 13.7 Å². The Morgan fingerprint density at radius 3 is 2.75 bits per heavy atom. The third kappa shape index (κ3) is 4.24. The van der Waals surface area contributed by atoms with E-state index in [1.165, 1.54) is 17.5 Å². The van der Waals surface area contributed by atoms with Gasteiger partial charge in [0.05, 0.1) is 13.2 Å². The highest BCUT2D eigenvalue weighted by Gasteiger charge is 2.33. The van der Waals surface area contributed by atoms with Crippen LogP contribution in [-0.4, -0.2) is 38.3 Å². The van der Waals surface area contributed by atoms with Gasteiger partial charge in [-0.05, 0) is 56.3 Å². The van der Waals surface area contributed by atoms with Crippen molar-refractivity contribution in [3.8, 4) is 5.75 Å². The second kappa shape index (κ2) is 8.63. The highest BCUT2D eigenvalue weighted by atomic mass is 32.2. The number of nitrogens with zero attached hydrogens (tertiary/aromatic N) is 1. The summed E-state index contributed by atoms with van der Waals surface area (Å²) >= 11 is 1.56. The molecule has 0 aliphatic carbocycles. The maximum absolute atomic E-state index is 13.3. The van der Waals surface area contributed by atoms with Crippen LogP contribution in [0.2, 0.25) is 0 Å². The van der Waals surface area contributed by atoms with Gasteiger partial charge in [0.1, 0.15) is 10.6 Å². The van der Waals surface area contributed by atoms with Crippen LogP contribution >= 0.6 is 11.3 Å². The minimum Gasteiger partial charge on any atom is -0.495 e. The fourth-order valence-electron chi connectivity index (χ4n) is 3.46. The van der Waals surface area contributed by atoms with Gasteiger partial charge in [0.15, 0.2) is 0 Å². The number of methoxy groups -OCH3 is 1. The van der Waals surface area contributed by atoms with Gasteiger partial charge in [0.2, 0.25) is 10.0 Å². The fraction of sp³-hybridized carbons (Fsp3) is 0.450. The summed E-state index contributed by atoms with van der Waals surface area (Å²) in [5, 5.41) is 4.88. The second-order valence-electron chi connectivity index (χ2n) is 7.04. The topological polar surface area (TPSA) is 75.7 Å². The molecule has 2 atom stereocenters. The van der Waals surface area contributed by atoms with E-state index in [2.05, 4.69) is 5.32 Å². The van der Waals surface area contributed by atoms with Crippen molar-refractivity contribution in [2.24, 2.45) is 0 Å². The molecule has 1 saturated heterocycles. The lowest BCUT2D eigenvalue weighted by atomic mass is 10.1. The first-order chi connectivity index (χ1) is 13.3. The summed E-state index contributed by atoms with van der Waals surface area (Å²) in [6.45, 7) is 4.31. The molecule has 0 spiro atoms. The molecule has 1 amide bonds. The van der Waals surface area contributed by atoms with Crippen molar-refractivity contribution in [1.29, 1.82) is 0 Å². The molecule has 2 aromatic rings. The smallest absolute Gasteiger partial charge is 0.251 e. The molecule has 1 aliphatic heterocycles. The van der Waals surface area contributed by atoms with Crippen LogP contribution in [0.1, 0.15) is 54.4 Å². The molecule has 2 heterocycles. The predicted molar refractivity (Wildman–Crippen MR) is 110 cm³/mol. The standard InChI is InChI=1S/C20H26N2O4S2/c1-14-7-4-5-11-22(14)28(24,25)19-13-16(9-10-17(19)26-3)20(23)21-15(2)18-8-6-12-27-18/h6,8-10,12-15H,4-5,7,11H2,1-3H3,(H,21,23)/t14-,15-/m1/s1. The number of rotatable bonds is 6. The molecule has 8 heteroatoms. The summed E-state index contributed by atoms with van der Waals surface area (Å²) in [6, 6.07) is 8.22. The van der Waals surface area contributed by atoms with Gasteiger partial charge in [-0.15, -0.1) is 11.3 Å². The number of piperidine rings is 1. The van der Waals surface area contributed by atoms with E-state index >= 15 is 0 Å². The highest BCUT2D eigenvalue weighted by Crippen LogP contribution is 2.32.